The number of esters is 1. The summed E-state index contributed by atoms with van der Waals surface area (Å²) in [5, 5.41) is 10.5. The molecule has 0 fully saturated rings. The molecule has 0 unspecified atom stereocenters. The molecule has 1 aliphatic rings. The van der Waals surface area contributed by atoms with Gasteiger partial charge in [0.1, 0.15) is 5.75 Å². The van der Waals surface area contributed by atoms with Gasteiger partial charge >= 0.3 is 5.97 Å². The van der Waals surface area contributed by atoms with E-state index in [1.807, 2.05) is 25.1 Å². The molecule has 114 valence electrons. The Morgan fingerprint density at radius 1 is 1.43 bits per heavy atom. The van der Waals surface area contributed by atoms with Crippen molar-refractivity contribution >= 4 is 5.97 Å². The van der Waals surface area contributed by atoms with Crippen LogP contribution in [0.15, 0.2) is 30.4 Å². The summed E-state index contributed by atoms with van der Waals surface area (Å²) in [6.45, 7) is 1.95. The first-order chi connectivity index (χ1) is 10.0. The fourth-order valence-corrected chi connectivity index (χ4v) is 2.90. The number of aliphatic hydroxyl groups is 1. The highest BCUT2D eigenvalue weighted by Gasteiger charge is 2.36. The molecule has 2 rings (SSSR count). The number of fused-ring (bicyclic) bond motifs is 1. The van der Waals surface area contributed by atoms with Gasteiger partial charge in [0.05, 0.1) is 20.3 Å². The number of ether oxygens (including phenoxy) is 2. The van der Waals surface area contributed by atoms with Gasteiger partial charge in [0.25, 0.3) is 0 Å². The molecule has 0 bridgehead atoms. The van der Waals surface area contributed by atoms with Gasteiger partial charge in [-0.15, -0.1) is 0 Å². The highest BCUT2D eigenvalue weighted by molar-refractivity contribution is 5.82. The number of hydrogen-bond acceptors (Lipinski definition) is 4. The summed E-state index contributed by atoms with van der Waals surface area (Å²) in [7, 11) is 2.99. The maximum Gasteiger partial charge on any atom is 0.330 e. The molecule has 4 heteroatoms. The lowest BCUT2D eigenvalue weighted by Gasteiger charge is -2.32. The molecule has 1 aliphatic carbocycles. The number of rotatable bonds is 3. The summed E-state index contributed by atoms with van der Waals surface area (Å²) in [5.41, 5.74) is 1.59. The first kappa shape index (κ1) is 15.6. The maximum absolute atomic E-state index is 11.4. The summed E-state index contributed by atoms with van der Waals surface area (Å²) in [5.74, 6) is 0.396. The van der Waals surface area contributed by atoms with E-state index >= 15 is 0 Å². The predicted molar refractivity (Wildman–Crippen MR) is 80.4 cm³/mol. The second-order valence-electron chi connectivity index (χ2n) is 5.57. The zero-order chi connectivity index (χ0) is 15.5. The zero-order valence-corrected chi connectivity index (χ0v) is 12.8. The van der Waals surface area contributed by atoms with Crippen molar-refractivity contribution in [1.29, 1.82) is 0 Å². The summed E-state index contributed by atoms with van der Waals surface area (Å²) in [4.78, 5) is 11.4. The van der Waals surface area contributed by atoms with Crippen LogP contribution in [0.4, 0.5) is 0 Å². The van der Waals surface area contributed by atoms with E-state index in [4.69, 9.17) is 4.74 Å². The van der Waals surface area contributed by atoms with Crippen LogP contribution in [0.5, 0.6) is 5.75 Å². The highest BCUT2D eigenvalue weighted by atomic mass is 16.5. The van der Waals surface area contributed by atoms with Gasteiger partial charge in [-0.1, -0.05) is 12.1 Å². The molecule has 0 heterocycles. The molecule has 0 aliphatic heterocycles. The van der Waals surface area contributed by atoms with Crippen LogP contribution in [0.25, 0.3) is 0 Å². The average Bonchev–Trinajstić information content (AvgIpc) is 2.62. The van der Waals surface area contributed by atoms with Crippen molar-refractivity contribution in [1.82, 2.24) is 0 Å². The lowest BCUT2D eigenvalue weighted by molar-refractivity contribution is -0.134. The van der Waals surface area contributed by atoms with E-state index in [1.54, 1.807) is 13.2 Å². The number of aryl methyl sites for hydroxylation is 1. The van der Waals surface area contributed by atoms with Crippen LogP contribution in [0.1, 0.15) is 30.9 Å². The van der Waals surface area contributed by atoms with Crippen LogP contribution in [0, 0.1) is 0 Å². The second kappa shape index (κ2) is 6.31. The largest absolute Gasteiger partial charge is 0.497 e. The summed E-state index contributed by atoms with van der Waals surface area (Å²) < 4.78 is 9.93. The highest BCUT2D eigenvalue weighted by Crippen LogP contribution is 2.38. The topological polar surface area (TPSA) is 55.8 Å². The lowest BCUT2D eigenvalue weighted by Crippen LogP contribution is -2.34. The predicted octanol–water partition coefficient (Wildman–Crippen LogP) is 2.38. The normalized spacial score (nSPS) is 25.2. The van der Waals surface area contributed by atoms with Crippen molar-refractivity contribution in [2.45, 2.75) is 37.7 Å². The van der Waals surface area contributed by atoms with Crippen molar-refractivity contribution in [3.05, 3.63) is 41.5 Å². The van der Waals surface area contributed by atoms with Crippen LogP contribution in [0.3, 0.4) is 0 Å². The molecule has 0 saturated heterocycles. The van der Waals surface area contributed by atoms with Gasteiger partial charge in [-0.2, -0.15) is 0 Å². The van der Waals surface area contributed by atoms with Gasteiger partial charge in [0.2, 0.25) is 0 Å². The maximum atomic E-state index is 11.4. The molecule has 1 N–H and O–H groups in total. The number of benzene rings is 1. The zero-order valence-electron chi connectivity index (χ0n) is 12.8. The van der Waals surface area contributed by atoms with Gasteiger partial charge in [0.15, 0.2) is 0 Å². The van der Waals surface area contributed by atoms with Crippen LogP contribution < -0.4 is 4.74 Å². The Hall–Kier alpha value is -1.81. The Morgan fingerprint density at radius 3 is 2.86 bits per heavy atom. The Labute approximate surface area is 125 Å². The number of hydrogen-bond donors (Lipinski definition) is 1. The number of carbonyl (C=O) groups excluding carboxylic acids is 1. The molecule has 1 aromatic carbocycles. The smallest absolute Gasteiger partial charge is 0.330 e. The number of aliphatic hydroxyl groups excluding tert-OH is 1. The van der Waals surface area contributed by atoms with Gasteiger partial charge in [-0.3, -0.25) is 0 Å². The van der Waals surface area contributed by atoms with Gasteiger partial charge in [-0.25, -0.2) is 4.79 Å². The summed E-state index contributed by atoms with van der Waals surface area (Å²) >= 11 is 0. The molecule has 0 radical (unpaired) electrons. The fraction of sp³-hybridized carbons (Fsp3) is 0.471. The van der Waals surface area contributed by atoms with E-state index in [0.717, 1.165) is 29.7 Å². The van der Waals surface area contributed by atoms with Crippen molar-refractivity contribution in [3.63, 3.8) is 0 Å². The van der Waals surface area contributed by atoms with Crippen LogP contribution >= 0.6 is 0 Å². The first-order valence-corrected chi connectivity index (χ1v) is 7.14. The fourth-order valence-electron chi connectivity index (χ4n) is 2.90. The van der Waals surface area contributed by atoms with Crippen molar-refractivity contribution < 1.29 is 19.4 Å². The number of methoxy groups -OCH3 is 2. The van der Waals surface area contributed by atoms with Gasteiger partial charge < -0.3 is 14.6 Å². The average molecular weight is 290 g/mol. The molecule has 0 spiro atoms. The van der Waals surface area contributed by atoms with E-state index < -0.39 is 17.5 Å². The third kappa shape index (κ3) is 3.10. The Bertz CT molecular complexity index is 550. The van der Waals surface area contributed by atoms with Gasteiger partial charge in [0, 0.05) is 11.5 Å². The van der Waals surface area contributed by atoms with Crippen molar-refractivity contribution in [2.75, 3.05) is 14.2 Å². The molecule has 4 nitrogen and oxygen atoms in total. The van der Waals surface area contributed by atoms with Gasteiger partial charge in [-0.05, 0) is 49.4 Å². The molecule has 2 atom stereocenters. The summed E-state index contributed by atoms with van der Waals surface area (Å²) in [6, 6.07) is 5.88. The standard InChI is InChI=1S/C17H22O4/c1-17(10-9-16(19)21-3)14-8-7-13(20-2)11-12(14)5-4-6-15(17)18/h7-11,15,18H,4-6H2,1-3H3/b10-9-/t15-,17-/m1/s1. The SMILES string of the molecule is COC(=O)/C=C\[C@]1(C)c2ccc(OC)cc2CCC[C@H]1O. The Morgan fingerprint density at radius 2 is 2.19 bits per heavy atom. The van der Waals surface area contributed by atoms with Crippen molar-refractivity contribution in [2.24, 2.45) is 0 Å². The molecule has 1 aromatic rings. The molecular formula is C17H22O4. The minimum atomic E-state index is -0.605. The number of carbonyl (C=O) groups is 1. The van der Waals surface area contributed by atoms with Crippen LogP contribution in [-0.2, 0) is 21.4 Å². The first-order valence-electron chi connectivity index (χ1n) is 7.14. The second-order valence-corrected chi connectivity index (χ2v) is 5.57. The Balaban J connectivity index is 2.48. The third-order valence-electron chi connectivity index (χ3n) is 4.28. The Kier molecular flexibility index (Phi) is 4.68. The monoisotopic (exact) mass is 290 g/mol. The van der Waals surface area contributed by atoms with E-state index in [0.29, 0.717) is 6.42 Å². The minimum absolute atomic E-state index is 0.414. The molecule has 21 heavy (non-hydrogen) atoms. The minimum Gasteiger partial charge on any atom is -0.497 e. The molecule has 0 aromatic heterocycles. The molecule has 0 amide bonds. The third-order valence-corrected chi connectivity index (χ3v) is 4.28. The van der Waals surface area contributed by atoms with E-state index in [2.05, 4.69) is 4.74 Å². The summed E-state index contributed by atoms with van der Waals surface area (Å²) in [6.07, 6.45) is 5.10. The van der Waals surface area contributed by atoms with Crippen LogP contribution in [0.2, 0.25) is 0 Å². The van der Waals surface area contributed by atoms with Crippen molar-refractivity contribution in [3.8, 4) is 5.75 Å². The van der Waals surface area contributed by atoms with Crippen LogP contribution in [-0.4, -0.2) is 31.4 Å². The van der Waals surface area contributed by atoms with E-state index in [9.17, 15) is 9.90 Å². The molecule has 0 saturated carbocycles. The molecular weight excluding hydrogens is 268 g/mol. The van der Waals surface area contributed by atoms with E-state index in [-0.39, 0.29) is 0 Å². The van der Waals surface area contributed by atoms with E-state index in [1.165, 1.54) is 13.2 Å². The quantitative estimate of drug-likeness (QED) is 0.527. The lowest BCUT2D eigenvalue weighted by atomic mass is 9.75.